The summed E-state index contributed by atoms with van der Waals surface area (Å²) in [4.78, 5) is 19.9. The summed E-state index contributed by atoms with van der Waals surface area (Å²) >= 11 is 0. The van der Waals surface area contributed by atoms with Crippen LogP contribution in [0.15, 0.2) is 47.8 Å². The van der Waals surface area contributed by atoms with Crippen LogP contribution in [-0.2, 0) is 9.84 Å². The molecule has 0 radical (unpaired) electrons. The lowest BCUT2D eigenvalue weighted by Gasteiger charge is -2.14. The van der Waals surface area contributed by atoms with E-state index in [0.29, 0.717) is 0 Å². The van der Waals surface area contributed by atoms with Crippen molar-refractivity contribution in [3.05, 3.63) is 54.1 Å². The number of sulfone groups is 1. The highest BCUT2D eigenvalue weighted by atomic mass is 32.2. The summed E-state index contributed by atoms with van der Waals surface area (Å²) in [5.74, 6) is -0.331. The van der Waals surface area contributed by atoms with Crippen molar-refractivity contribution in [2.24, 2.45) is 0 Å². The van der Waals surface area contributed by atoms with Gasteiger partial charge in [-0.05, 0) is 24.6 Å². The summed E-state index contributed by atoms with van der Waals surface area (Å²) < 4.78 is 22.8. The molecular formula is C14H15N3O3S. The first-order chi connectivity index (χ1) is 9.88. The van der Waals surface area contributed by atoms with Crippen LogP contribution < -0.4 is 5.32 Å². The minimum Gasteiger partial charge on any atom is -0.344 e. The molecule has 0 aliphatic rings. The summed E-state index contributed by atoms with van der Waals surface area (Å²) in [6.07, 6.45) is 5.47. The molecule has 1 unspecified atom stereocenters. The van der Waals surface area contributed by atoms with Gasteiger partial charge in [-0.1, -0.05) is 12.1 Å². The van der Waals surface area contributed by atoms with Crippen LogP contribution in [-0.4, -0.2) is 30.5 Å². The van der Waals surface area contributed by atoms with E-state index in [1.165, 1.54) is 30.7 Å². The predicted molar refractivity (Wildman–Crippen MR) is 77.5 cm³/mol. The second-order valence-electron chi connectivity index (χ2n) is 4.63. The van der Waals surface area contributed by atoms with E-state index in [-0.39, 0.29) is 22.5 Å². The first-order valence-corrected chi connectivity index (χ1v) is 8.14. The van der Waals surface area contributed by atoms with Gasteiger partial charge in [0, 0.05) is 18.6 Å². The van der Waals surface area contributed by atoms with Crippen LogP contribution in [0.25, 0.3) is 0 Å². The normalized spacial score (nSPS) is 12.7. The second-order valence-corrected chi connectivity index (χ2v) is 6.64. The van der Waals surface area contributed by atoms with E-state index in [1.807, 2.05) is 6.92 Å². The monoisotopic (exact) mass is 305 g/mol. The molecule has 0 aliphatic carbocycles. The van der Waals surface area contributed by atoms with Crippen LogP contribution in [0.2, 0.25) is 0 Å². The van der Waals surface area contributed by atoms with Crippen LogP contribution in [0, 0.1) is 0 Å². The molecule has 2 aromatic rings. The summed E-state index contributed by atoms with van der Waals surface area (Å²) in [5.41, 5.74) is 1.04. The topological polar surface area (TPSA) is 89.0 Å². The zero-order valence-corrected chi connectivity index (χ0v) is 12.5. The third-order valence-electron chi connectivity index (χ3n) is 2.95. The number of aromatic nitrogens is 2. The number of amides is 1. The molecule has 0 fully saturated rings. The molecule has 2 rings (SSSR count). The van der Waals surface area contributed by atoms with E-state index in [9.17, 15) is 13.2 Å². The number of rotatable bonds is 4. The van der Waals surface area contributed by atoms with Crippen molar-refractivity contribution in [2.45, 2.75) is 17.9 Å². The molecule has 21 heavy (non-hydrogen) atoms. The van der Waals surface area contributed by atoms with E-state index < -0.39 is 9.84 Å². The summed E-state index contributed by atoms with van der Waals surface area (Å²) in [5, 5.41) is 2.78. The Morgan fingerprint density at radius 2 is 1.86 bits per heavy atom. The van der Waals surface area contributed by atoms with E-state index in [2.05, 4.69) is 15.3 Å². The predicted octanol–water partition coefficient (Wildman–Crippen LogP) is 1.37. The molecule has 1 N–H and O–H groups in total. The van der Waals surface area contributed by atoms with Crippen LogP contribution in [0.3, 0.4) is 0 Å². The van der Waals surface area contributed by atoms with Crippen LogP contribution in [0.4, 0.5) is 0 Å². The fraction of sp³-hybridized carbons (Fsp3) is 0.214. The highest BCUT2D eigenvalue weighted by molar-refractivity contribution is 7.90. The van der Waals surface area contributed by atoms with Gasteiger partial charge in [0.25, 0.3) is 5.91 Å². The van der Waals surface area contributed by atoms with Gasteiger partial charge in [-0.15, -0.1) is 0 Å². The molecule has 1 heterocycles. The lowest BCUT2D eigenvalue weighted by Crippen LogP contribution is -2.27. The van der Waals surface area contributed by atoms with Gasteiger partial charge in [0.2, 0.25) is 0 Å². The van der Waals surface area contributed by atoms with Crippen molar-refractivity contribution < 1.29 is 13.2 Å². The highest BCUT2D eigenvalue weighted by Crippen LogP contribution is 2.16. The lowest BCUT2D eigenvalue weighted by atomic mass is 10.1. The summed E-state index contributed by atoms with van der Waals surface area (Å²) in [7, 11) is -3.22. The Morgan fingerprint density at radius 3 is 2.38 bits per heavy atom. The number of benzene rings is 1. The first-order valence-electron chi connectivity index (χ1n) is 6.25. The van der Waals surface area contributed by atoms with Gasteiger partial charge < -0.3 is 5.32 Å². The van der Waals surface area contributed by atoms with Gasteiger partial charge in [0.1, 0.15) is 5.69 Å². The number of carbonyl (C=O) groups excluding carboxylic acids is 1. The standard InChI is InChI=1S/C14H15N3O3S/c1-10(17-14(18)13-9-15-7-8-16-13)11-3-5-12(6-4-11)21(2,19)20/h3-10H,1-2H3,(H,17,18). The number of nitrogens with one attached hydrogen (secondary N) is 1. The van der Waals surface area contributed by atoms with Crippen LogP contribution in [0.1, 0.15) is 29.0 Å². The molecule has 7 heteroatoms. The van der Waals surface area contributed by atoms with Crippen molar-refractivity contribution in [3.8, 4) is 0 Å². The number of nitrogens with zero attached hydrogens (tertiary/aromatic N) is 2. The maximum atomic E-state index is 11.9. The number of hydrogen-bond acceptors (Lipinski definition) is 5. The second kappa shape index (κ2) is 6.01. The highest BCUT2D eigenvalue weighted by Gasteiger charge is 2.13. The molecule has 0 aliphatic heterocycles. The summed E-state index contributed by atoms with van der Waals surface area (Å²) in [6, 6.07) is 6.13. The van der Waals surface area contributed by atoms with Gasteiger partial charge in [-0.3, -0.25) is 9.78 Å². The molecular weight excluding hydrogens is 290 g/mol. The first kappa shape index (κ1) is 15.1. The van der Waals surface area contributed by atoms with Gasteiger partial charge >= 0.3 is 0 Å². The molecule has 110 valence electrons. The van der Waals surface area contributed by atoms with Crippen LogP contribution in [0.5, 0.6) is 0 Å². The van der Waals surface area contributed by atoms with E-state index in [1.54, 1.807) is 12.1 Å². The Bertz CT molecular complexity index is 728. The maximum absolute atomic E-state index is 11.9. The number of hydrogen-bond donors (Lipinski definition) is 1. The molecule has 6 nitrogen and oxygen atoms in total. The third-order valence-corrected chi connectivity index (χ3v) is 4.08. The Kier molecular flexibility index (Phi) is 4.32. The van der Waals surface area contributed by atoms with Gasteiger partial charge in [0.05, 0.1) is 17.1 Å². The van der Waals surface area contributed by atoms with E-state index in [4.69, 9.17) is 0 Å². The van der Waals surface area contributed by atoms with E-state index in [0.717, 1.165) is 11.8 Å². The Morgan fingerprint density at radius 1 is 1.19 bits per heavy atom. The van der Waals surface area contributed by atoms with Crippen molar-refractivity contribution in [1.29, 1.82) is 0 Å². The fourth-order valence-electron chi connectivity index (χ4n) is 1.77. The quantitative estimate of drug-likeness (QED) is 0.921. The fourth-order valence-corrected chi connectivity index (χ4v) is 2.40. The average molecular weight is 305 g/mol. The molecule has 0 bridgehead atoms. The molecule has 0 saturated carbocycles. The molecule has 1 aromatic carbocycles. The van der Waals surface area contributed by atoms with Gasteiger partial charge in [-0.25, -0.2) is 13.4 Å². The average Bonchev–Trinajstić information content (AvgIpc) is 2.47. The molecule has 1 amide bonds. The minimum absolute atomic E-state index is 0.233. The molecule has 1 atom stereocenters. The van der Waals surface area contributed by atoms with Crippen molar-refractivity contribution in [1.82, 2.24) is 15.3 Å². The van der Waals surface area contributed by atoms with Crippen molar-refractivity contribution in [2.75, 3.05) is 6.26 Å². The third kappa shape index (κ3) is 3.85. The van der Waals surface area contributed by atoms with Crippen molar-refractivity contribution >= 4 is 15.7 Å². The van der Waals surface area contributed by atoms with Crippen LogP contribution >= 0.6 is 0 Å². The smallest absolute Gasteiger partial charge is 0.271 e. The Hall–Kier alpha value is -2.28. The number of carbonyl (C=O) groups is 1. The Balaban J connectivity index is 2.10. The lowest BCUT2D eigenvalue weighted by molar-refractivity contribution is 0.0934. The molecule has 1 aromatic heterocycles. The molecule has 0 saturated heterocycles. The van der Waals surface area contributed by atoms with Gasteiger partial charge in [-0.2, -0.15) is 0 Å². The van der Waals surface area contributed by atoms with Gasteiger partial charge in [0.15, 0.2) is 9.84 Å². The Labute approximate surface area is 123 Å². The zero-order valence-electron chi connectivity index (χ0n) is 11.6. The van der Waals surface area contributed by atoms with E-state index >= 15 is 0 Å². The van der Waals surface area contributed by atoms with Crippen molar-refractivity contribution in [3.63, 3.8) is 0 Å². The molecule has 0 spiro atoms. The minimum atomic E-state index is -3.22. The zero-order chi connectivity index (χ0) is 15.5. The maximum Gasteiger partial charge on any atom is 0.271 e. The largest absolute Gasteiger partial charge is 0.344 e. The summed E-state index contributed by atoms with van der Waals surface area (Å²) in [6.45, 7) is 1.81. The SMILES string of the molecule is CC(NC(=O)c1cnccn1)c1ccc(S(C)(=O)=O)cc1.